The summed E-state index contributed by atoms with van der Waals surface area (Å²) in [5.74, 6) is -0.00663. The number of H-pyrrole nitrogens is 1. The van der Waals surface area contributed by atoms with Crippen molar-refractivity contribution in [2.75, 3.05) is 5.32 Å². The number of aromatic amines is 1. The zero-order valence-electron chi connectivity index (χ0n) is 7.74. The van der Waals surface area contributed by atoms with E-state index in [1.807, 2.05) is 13.0 Å². The number of amides is 1. The summed E-state index contributed by atoms with van der Waals surface area (Å²) >= 11 is 0. The zero-order chi connectivity index (χ0) is 9.97. The van der Waals surface area contributed by atoms with Crippen LogP contribution in [0.2, 0.25) is 0 Å². The lowest BCUT2D eigenvalue weighted by molar-refractivity contribution is -0.115. The van der Waals surface area contributed by atoms with Crippen LogP contribution in [0.4, 0.5) is 5.69 Å². The summed E-state index contributed by atoms with van der Waals surface area (Å²) in [6.07, 6.45) is 0.469. The molecule has 5 nitrogen and oxygen atoms in total. The predicted molar refractivity (Wildman–Crippen MR) is 52.8 cm³/mol. The van der Waals surface area contributed by atoms with Gasteiger partial charge in [0.25, 0.3) is 0 Å². The number of benzene rings is 1. The van der Waals surface area contributed by atoms with Crippen LogP contribution in [0.5, 0.6) is 0 Å². The third kappa shape index (κ3) is 1.56. The molecule has 0 aliphatic heterocycles. The molecular formula is C9H10N4O. The number of rotatable bonds is 2. The number of hydrogen-bond donors (Lipinski definition) is 2. The molecule has 0 bridgehead atoms. The number of fused-ring (bicyclic) bond motifs is 1. The van der Waals surface area contributed by atoms with Crippen LogP contribution in [-0.4, -0.2) is 21.3 Å². The summed E-state index contributed by atoms with van der Waals surface area (Å²) < 4.78 is 0. The molecule has 0 spiro atoms. The molecular weight excluding hydrogens is 180 g/mol. The third-order valence-corrected chi connectivity index (χ3v) is 1.92. The van der Waals surface area contributed by atoms with Crippen molar-refractivity contribution in [2.24, 2.45) is 0 Å². The summed E-state index contributed by atoms with van der Waals surface area (Å²) in [4.78, 5) is 11.1. The molecule has 0 saturated carbocycles. The van der Waals surface area contributed by atoms with Gasteiger partial charge in [-0.15, -0.1) is 0 Å². The first-order chi connectivity index (χ1) is 6.79. The molecule has 0 fully saturated rings. The molecule has 14 heavy (non-hydrogen) atoms. The van der Waals surface area contributed by atoms with Crippen LogP contribution < -0.4 is 5.32 Å². The van der Waals surface area contributed by atoms with Crippen molar-refractivity contribution in [3.63, 3.8) is 0 Å². The molecule has 0 saturated heterocycles. The van der Waals surface area contributed by atoms with Gasteiger partial charge in [-0.2, -0.15) is 15.4 Å². The second kappa shape index (κ2) is 3.45. The van der Waals surface area contributed by atoms with Crippen molar-refractivity contribution in [3.8, 4) is 0 Å². The van der Waals surface area contributed by atoms with Crippen molar-refractivity contribution < 1.29 is 4.79 Å². The van der Waals surface area contributed by atoms with E-state index >= 15 is 0 Å². The van der Waals surface area contributed by atoms with Gasteiger partial charge in [-0.25, -0.2) is 0 Å². The molecule has 0 atom stereocenters. The maximum absolute atomic E-state index is 11.1. The van der Waals surface area contributed by atoms with Crippen molar-refractivity contribution in [2.45, 2.75) is 13.3 Å². The number of nitrogens with zero attached hydrogens (tertiary/aromatic N) is 2. The van der Waals surface area contributed by atoms with E-state index in [0.717, 1.165) is 16.7 Å². The summed E-state index contributed by atoms with van der Waals surface area (Å²) in [7, 11) is 0. The number of hydrogen-bond acceptors (Lipinski definition) is 3. The number of anilines is 1. The minimum absolute atomic E-state index is 0.00663. The molecule has 0 aliphatic rings. The molecule has 1 heterocycles. The number of aromatic nitrogens is 3. The Morgan fingerprint density at radius 3 is 3.00 bits per heavy atom. The van der Waals surface area contributed by atoms with Crippen LogP contribution in [0.1, 0.15) is 13.3 Å². The van der Waals surface area contributed by atoms with Crippen LogP contribution in [0.3, 0.4) is 0 Å². The van der Waals surface area contributed by atoms with E-state index in [9.17, 15) is 4.79 Å². The molecule has 2 aromatic rings. The normalized spacial score (nSPS) is 10.4. The fourth-order valence-electron chi connectivity index (χ4n) is 1.17. The molecule has 1 aromatic carbocycles. The van der Waals surface area contributed by atoms with Crippen LogP contribution >= 0.6 is 0 Å². The molecule has 5 heteroatoms. The minimum Gasteiger partial charge on any atom is -0.326 e. The lowest BCUT2D eigenvalue weighted by atomic mass is 10.2. The highest BCUT2D eigenvalue weighted by atomic mass is 16.1. The largest absolute Gasteiger partial charge is 0.326 e. The van der Waals surface area contributed by atoms with Crippen molar-refractivity contribution in [3.05, 3.63) is 18.2 Å². The number of carbonyl (C=O) groups excluding carboxylic acids is 1. The highest BCUT2D eigenvalue weighted by molar-refractivity contribution is 5.92. The smallest absolute Gasteiger partial charge is 0.224 e. The van der Waals surface area contributed by atoms with E-state index < -0.39 is 0 Å². The Bertz CT molecular complexity index is 463. The van der Waals surface area contributed by atoms with Crippen LogP contribution in [-0.2, 0) is 4.79 Å². The molecule has 2 N–H and O–H groups in total. The monoisotopic (exact) mass is 190 g/mol. The molecule has 0 unspecified atom stereocenters. The van der Waals surface area contributed by atoms with Gasteiger partial charge < -0.3 is 5.32 Å². The first-order valence-electron chi connectivity index (χ1n) is 4.40. The van der Waals surface area contributed by atoms with Crippen molar-refractivity contribution in [1.82, 2.24) is 15.4 Å². The maximum Gasteiger partial charge on any atom is 0.224 e. The summed E-state index contributed by atoms with van der Waals surface area (Å²) in [5, 5.41) is 13.1. The van der Waals surface area contributed by atoms with E-state index in [0.29, 0.717) is 6.42 Å². The second-order valence-corrected chi connectivity index (χ2v) is 2.93. The predicted octanol–water partition coefficient (Wildman–Crippen LogP) is 1.31. The average molecular weight is 190 g/mol. The van der Waals surface area contributed by atoms with Crippen LogP contribution in [0.15, 0.2) is 18.2 Å². The first kappa shape index (κ1) is 8.68. The Morgan fingerprint density at radius 2 is 2.21 bits per heavy atom. The van der Waals surface area contributed by atoms with E-state index in [2.05, 4.69) is 20.7 Å². The molecule has 0 radical (unpaired) electrons. The molecule has 2 rings (SSSR count). The first-order valence-corrected chi connectivity index (χ1v) is 4.40. The Hall–Kier alpha value is -1.91. The molecule has 1 aromatic heterocycles. The van der Waals surface area contributed by atoms with Gasteiger partial charge >= 0.3 is 0 Å². The van der Waals surface area contributed by atoms with Gasteiger partial charge in [0.1, 0.15) is 11.0 Å². The highest BCUT2D eigenvalue weighted by Crippen LogP contribution is 2.14. The zero-order valence-corrected chi connectivity index (χ0v) is 7.74. The van der Waals surface area contributed by atoms with E-state index in [1.54, 1.807) is 12.1 Å². The van der Waals surface area contributed by atoms with E-state index in [-0.39, 0.29) is 5.91 Å². The Balaban J connectivity index is 2.30. The van der Waals surface area contributed by atoms with Crippen molar-refractivity contribution >= 4 is 22.6 Å². The van der Waals surface area contributed by atoms with Crippen LogP contribution in [0.25, 0.3) is 11.0 Å². The Morgan fingerprint density at radius 1 is 1.43 bits per heavy atom. The fraction of sp³-hybridized carbons (Fsp3) is 0.222. The van der Waals surface area contributed by atoms with Gasteiger partial charge in [-0.1, -0.05) is 6.92 Å². The van der Waals surface area contributed by atoms with Gasteiger partial charge in [0.2, 0.25) is 5.91 Å². The van der Waals surface area contributed by atoms with E-state index in [1.165, 1.54) is 0 Å². The summed E-state index contributed by atoms with van der Waals surface area (Å²) in [5.41, 5.74) is 2.29. The summed E-state index contributed by atoms with van der Waals surface area (Å²) in [6, 6.07) is 5.40. The minimum atomic E-state index is -0.00663. The molecule has 1 amide bonds. The standard InChI is InChI=1S/C9H10N4O/c1-2-9(14)10-6-3-4-7-8(5-6)12-13-11-7/h3-5H,2H2,1H3,(H,10,14)(H,11,12,13). The quantitative estimate of drug-likeness (QED) is 0.749. The summed E-state index contributed by atoms with van der Waals surface area (Å²) in [6.45, 7) is 1.81. The second-order valence-electron chi connectivity index (χ2n) is 2.93. The van der Waals surface area contributed by atoms with Gasteiger partial charge in [0.05, 0.1) is 0 Å². The van der Waals surface area contributed by atoms with Gasteiger partial charge in [0.15, 0.2) is 0 Å². The number of nitrogens with one attached hydrogen (secondary N) is 2. The van der Waals surface area contributed by atoms with Crippen molar-refractivity contribution in [1.29, 1.82) is 0 Å². The highest BCUT2D eigenvalue weighted by Gasteiger charge is 2.01. The fourth-order valence-corrected chi connectivity index (χ4v) is 1.17. The Labute approximate surface area is 80.5 Å². The number of carbonyl (C=O) groups is 1. The van der Waals surface area contributed by atoms with Gasteiger partial charge in [-0.05, 0) is 18.2 Å². The molecule has 0 aliphatic carbocycles. The van der Waals surface area contributed by atoms with Gasteiger partial charge in [0, 0.05) is 12.1 Å². The maximum atomic E-state index is 11.1. The SMILES string of the molecule is CCC(=O)Nc1ccc2n[nH]nc2c1. The Kier molecular flexibility index (Phi) is 2.14. The average Bonchev–Trinajstić information content (AvgIpc) is 2.64. The molecule has 72 valence electrons. The third-order valence-electron chi connectivity index (χ3n) is 1.92. The topological polar surface area (TPSA) is 70.7 Å². The van der Waals surface area contributed by atoms with Crippen LogP contribution in [0, 0.1) is 0 Å². The van der Waals surface area contributed by atoms with Gasteiger partial charge in [-0.3, -0.25) is 4.79 Å². The van der Waals surface area contributed by atoms with E-state index in [4.69, 9.17) is 0 Å². The lowest BCUT2D eigenvalue weighted by Crippen LogP contribution is -2.09. The lowest BCUT2D eigenvalue weighted by Gasteiger charge is -2.01.